The number of anilines is 1. The summed E-state index contributed by atoms with van der Waals surface area (Å²) >= 11 is 5.90. The largest absolute Gasteiger partial charge is 0.497 e. The third-order valence-electron chi connectivity index (χ3n) is 4.78. The first-order valence-electron chi connectivity index (χ1n) is 10.7. The van der Waals surface area contributed by atoms with Crippen molar-refractivity contribution < 1.29 is 19.0 Å². The van der Waals surface area contributed by atoms with Crippen molar-refractivity contribution in [3.05, 3.63) is 88.5 Å². The predicted octanol–water partition coefficient (Wildman–Crippen LogP) is 6.26. The first kappa shape index (κ1) is 24.7. The maximum atomic E-state index is 12.7. The molecule has 0 aromatic heterocycles. The Morgan fingerprint density at radius 3 is 2.38 bits per heavy atom. The minimum Gasteiger partial charge on any atom is -0.497 e. The number of hydrogen-bond acceptors (Lipinski definition) is 5. The molecule has 1 N–H and O–H groups in total. The number of carbonyl (C=O) groups excluding carboxylic acids is 1. The van der Waals surface area contributed by atoms with E-state index in [9.17, 15) is 10.1 Å². The molecule has 0 spiro atoms. The fourth-order valence-corrected chi connectivity index (χ4v) is 3.11. The van der Waals surface area contributed by atoms with E-state index >= 15 is 0 Å². The molecule has 34 heavy (non-hydrogen) atoms. The van der Waals surface area contributed by atoms with Crippen LogP contribution in [0.4, 0.5) is 5.69 Å². The number of carbonyl (C=O) groups is 1. The second kappa shape index (κ2) is 12.3. The Bertz CT molecular complexity index is 1180. The van der Waals surface area contributed by atoms with E-state index in [1.165, 1.54) is 6.08 Å². The van der Waals surface area contributed by atoms with Crippen molar-refractivity contribution in [3.8, 4) is 23.3 Å². The van der Waals surface area contributed by atoms with Gasteiger partial charge in [0, 0.05) is 22.3 Å². The fourth-order valence-electron chi connectivity index (χ4n) is 2.98. The normalized spacial score (nSPS) is 10.8. The molecule has 3 aromatic carbocycles. The van der Waals surface area contributed by atoms with Crippen molar-refractivity contribution >= 4 is 29.3 Å². The Kier molecular flexibility index (Phi) is 8.96. The van der Waals surface area contributed by atoms with Crippen LogP contribution >= 0.6 is 11.6 Å². The molecule has 3 rings (SSSR count). The average molecular weight is 477 g/mol. The number of nitriles is 1. The van der Waals surface area contributed by atoms with Gasteiger partial charge in [0.2, 0.25) is 0 Å². The molecule has 3 aromatic rings. The lowest BCUT2D eigenvalue weighted by atomic mass is 10.1. The van der Waals surface area contributed by atoms with E-state index in [0.29, 0.717) is 46.7 Å². The summed E-state index contributed by atoms with van der Waals surface area (Å²) in [6, 6.07) is 21.5. The van der Waals surface area contributed by atoms with Gasteiger partial charge in [0.25, 0.3) is 5.91 Å². The van der Waals surface area contributed by atoms with Gasteiger partial charge < -0.3 is 19.5 Å². The monoisotopic (exact) mass is 476 g/mol. The molecule has 1 amide bonds. The molecular formula is C27H25ClN2O4. The van der Waals surface area contributed by atoms with Crippen molar-refractivity contribution in [3.63, 3.8) is 0 Å². The Morgan fingerprint density at radius 1 is 1.03 bits per heavy atom. The Labute approximate surface area is 204 Å². The second-order valence-electron chi connectivity index (χ2n) is 7.32. The van der Waals surface area contributed by atoms with E-state index in [-0.39, 0.29) is 5.57 Å². The number of nitrogens with zero attached hydrogens (tertiary/aromatic N) is 1. The molecule has 0 heterocycles. The first-order chi connectivity index (χ1) is 16.5. The third kappa shape index (κ3) is 7.03. The summed E-state index contributed by atoms with van der Waals surface area (Å²) in [5, 5.41) is 13.0. The van der Waals surface area contributed by atoms with Gasteiger partial charge >= 0.3 is 0 Å². The van der Waals surface area contributed by atoms with E-state index < -0.39 is 5.91 Å². The molecule has 0 saturated carbocycles. The van der Waals surface area contributed by atoms with Gasteiger partial charge in [-0.2, -0.15) is 5.26 Å². The quantitative estimate of drug-likeness (QED) is 0.276. The van der Waals surface area contributed by atoms with Crippen LogP contribution in [0, 0.1) is 11.3 Å². The second-order valence-corrected chi connectivity index (χ2v) is 7.75. The lowest BCUT2D eigenvalue weighted by molar-refractivity contribution is -0.112. The van der Waals surface area contributed by atoms with Crippen LogP contribution in [-0.4, -0.2) is 19.6 Å². The molecule has 0 aliphatic heterocycles. The maximum absolute atomic E-state index is 12.7. The number of amides is 1. The fraction of sp³-hybridized carbons (Fsp3) is 0.185. The third-order valence-corrected chi connectivity index (χ3v) is 5.03. The lowest BCUT2D eigenvalue weighted by Gasteiger charge is -2.11. The minimum absolute atomic E-state index is 0.0467. The van der Waals surface area contributed by atoms with E-state index in [2.05, 4.69) is 5.32 Å². The molecule has 0 radical (unpaired) electrons. The standard InChI is InChI=1S/C27H25ClN2O4/c1-3-14-33-26-16-25(32-2)11-6-20(26)15-21(17-29)27(31)30-23-9-12-24(13-10-23)34-18-19-4-7-22(28)8-5-19/h4-13,15-16H,3,14,18H2,1-2H3,(H,30,31)/b21-15+. The van der Waals surface area contributed by atoms with Crippen molar-refractivity contribution in [1.82, 2.24) is 0 Å². The Morgan fingerprint density at radius 2 is 1.74 bits per heavy atom. The number of benzene rings is 3. The number of rotatable bonds is 10. The molecule has 0 bridgehead atoms. The van der Waals surface area contributed by atoms with Crippen molar-refractivity contribution in [2.75, 3.05) is 19.0 Å². The maximum Gasteiger partial charge on any atom is 0.266 e. The van der Waals surface area contributed by atoms with Gasteiger partial charge in [0.05, 0.1) is 13.7 Å². The molecule has 0 aliphatic rings. The van der Waals surface area contributed by atoms with Gasteiger partial charge in [-0.05, 0) is 66.6 Å². The Balaban J connectivity index is 1.67. The van der Waals surface area contributed by atoms with Crippen molar-refractivity contribution in [1.29, 1.82) is 5.26 Å². The molecule has 0 aliphatic carbocycles. The number of nitrogens with one attached hydrogen (secondary N) is 1. The van der Waals surface area contributed by atoms with Crippen LogP contribution in [0.25, 0.3) is 6.08 Å². The van der Waals surface area contributed by atoms with Crippen LogP contribution in [0.1, 0.15) is 24.5 Å². The summed E-state index contributed by atoms with van der Waals surface area (Å²) < 4.78 is 16.8. The zero-order valence-corrected chi connectivity index (χ0v) is 19.8. The number of methoxy groups -OCH3 is 1. The Hall–Kier alpha value is -3.95. The topological polar surface area (TPSA) is 80.6 Å². The van der Waals surface area contributed by atoms with Crippen LogP contribution in [0.3, 0.4) is 0 Å². The molecule has 7 heteroatoms. The van der Waals surface area contributed by atoms with Crippen molar-refractivity contribution in [2.45, 2.75) is 20.0 Å². The highest BCUT2D eigenvalue weighted by Gasteiger charge is 2.12. The van der Waals surface area contributed by atoms with Crippen LogP contribution in [0.5, 0.6) is 17.2 Å². The smallest absolute Gasteiger partial charge is 0.266 e. The number of halogens is 1. The molecule has 0 atom stereocenters. The first-order valence-corrected chi connectivity index (χ1v) is 11.1. The summed E-state index contributed by atoms with van der Waals surface area (Å²) in [5.74, 6) is 1.31. The highest BCUT2D eigenvalue weighted by Crippen LogP contribution is 2.27. The summed E-state index contributed by atoms with van der Waals surface area (Å²) in [6.07, 6.45) is 2.33. The highest BCUT2D eigenvalue weighted by molar-refractivity contribution is 6.30. The summed E-state index contributed by atoms with van der Waals surface area (Å²) in [6.45, 7) is 2.90. The van der Waals surface area contributed by atoms with Crippen molar-refractivity contribution in [2.24, 2.45) is 0 Å². The molecule has 0 saturated heterocycles. The van der Waals surface area contributed by atoms with Gasteiger partial charge in [-0.3, -0.25) is 4.79 Å². The van der Waals surface area contributed by atoms with Crippen LogP contribution in [0.2, 0.25) is 5.02 Å². The molecule has 6 nitrogen and oxygen atoms in total. The van der Waals surface area contributed by atoms with Crippen LogP contribution in [-0.2, 0) is 11.4 Å². The lowest BCUT2D eigenvalue weighted by Crippen LogP contribution is -2.13. The van der Waals surface area contributed by atoms with E-state index in [4.69, 9.17) is 25.8 Å². The van der Waals surface area contributed by atoms with Crippen LogP contribution < -0.4 is 19.5 Å². The predicted molar refractivity (Wildman–Crippen MR) is 133 cm³/mol. The van der Waals surface area contributed by atoms with E-state index in [1.54, 1.807) is 49.6 Å². The number of ether oxygens (including phenoxy) is 3. The van der Waals surface area contributed by atoms with E-state index in [1.807, 2.05) is 37.3 Å². The highest BCUT2D eigenvalue weighted by atomic mass is 35.5. The molecule has 0 unspecified atom stereocenters. The average Bonchev–Trinajstić information content (AvgIpc) is 2.86. The van der Waals surface area contributed by atoms with Gasteiger partial charge in [-0.1, -0.05) is 30.7 Å². The SMILES string of the molecule is CCCOc1cc(OC)ccc1/C=C(\C#N)C(=O)Nc1ccc(OCc2ccc(Cl)cc2)cc1. The minimum atomic E-state index is -0.519. The van der Waals surface area contributed by atoms with E-state index in [0.717, 1.165) is 12.0 Å². The molecule has 0 fully saturated rings. The number of hydrogen-bond donors (Lipinski definition) is 1. The van der Waals surface area contributed by atoms with Crippen LogP contribution in [0.15, 0.2) is 72.3 Å². The summed E-state index contributed by atoms with van der Waals surface area (Å²) in [4.78, 5) is 12.7. The zero-order chi connectivity index (χ0) is 24.3. The summed E-state index contributed by atoms with van der Waals surface area (Å²) in [5.41, 5.74) is 2.11. The zero-order valence-electron chi connectivity index (χ0n) is 19.0. The van der Waals surface area contributed by atoms with Gasteiger partial charge in [0.15, 0.2) is 0 Å². The molecule has 174 valence electrons. The van der Waals surface area contributed by atoms with Gasteiger partial charge in [-0.15, -0.1) is 0 Å². The van der Waals surface area contributed by atoms with Gasteiger partial charge in [-0.25, -0.2) is 0 Å². The van der Waals surface area contributed by atoms with Gasteiger partial charge in [0.1, 0.15) is 35.5 Å². The summed E-state index contributed by atoms with van der Waals surface area (Å²) in [7, 11) is 1.57. The molecular weight excluding hydrogens is 452 g/mol.